The van der Waals surface area contributed by atoms with Crippen LogP contribution in [0.25, 0.3) is 0 Å². The Morgan fingerprint density at radius 2 is 2.07 bits per heavy atom. The Balaban J connectivity index is 2.48. The van der Waals surface area contributed by atoms with Crippen LogP contribution in [-0.4, -0.2) is 23.0 Å². The Morgan fingerprint density at radius 1 is 1.43 bits per heavy atom. The maximum Gasteiger partial charge on any atom is 0.157 e. The fourth-order valence-corrected chi connectivity index (χ4v) is 2.53. The molecule has 1 rings (SSSR count). The fourth-order valence-electron chi connectivity index (χ4n) is 1.39. The zero-order valence-corrected chi connectivity index (χ0v) is 10.7. The summed E-state index contributed by atoms with van der Waals surface area (Å²) in [4.78, 5) is 4.61. The largest absolute Gasteiger partial charge is 0.361 e. The van der Waals surface area contributed by atoms with Crippen molar-refractivity contribution in [3.8, 4) is 0 Å². The topological polar surface area (TPSA) is 24.4 Å². The minimum Gasteiger partial charge on any atom is -0.361 e. The van der Waals surface area contributed by atoms with Crippen molar-refractivity contribution in [2.24, 2.45) is 10.4 Å². The van der Waals surface area contributed by atoms with Crippen LogP contribution < -0.4 is 5.32 Å². The number of rotatable bonds is 2. The minimum absolute atomic E-state index is 0.294. The SMILES string of the molecule is CCC1NC(=NCC(C)(C)C)SC1C. The van der Waals surface area contributed by atoms with E-state index in [2.05, 4.69) is 44.9 Å². The third-order valence-corrected chi connectivity index (χ3v) is 3.48. The molecule has 1 heterocycles. The molecule has 1 aliphatic heterocycles. The lowest BCUT2D eigenvalue weighted by molar-refractivity contribution is 0.429. The van der Waals surface area contributed by atoms with Crippen molar-refractivity contribution in [1.29, 1.82) is 0 Å². The lowest BCUT2D eigenvalue weighted by Gasteiger charge is -2.14. The van der Waals surface area contributed by atoms with E-state index in [4.69, 9.17) is 0 Å². The Bertz CT molecular complexity index is 218. The maximum atomic E-state index is 4.61. The van der Waals surface area contributed by atoms with Crippen LogP contribution >= 0.6 is 11.8 Å². The van der Waals surface area contributed by atoms with E-state index >= 15 is 0 Å². The van der Waals surface area contributed by atoms with Gasteiger partial charge in [-0.3, -0.25) is 4.99 Å². The van der Waals surface area contributed by atoms with Gasteiger partial charge >= 0.3 is 0 Å². The molecule has 1 saturated heterocycles. The third kappa shape index (κ3) is 3.52. The number of nitrogens with one attached hydrogen (secondary N) is 1. The van der Waals surface area contributed by atoms with Crippen molar-refractivity contribution in [2.45, 2.75) is 52.3 Å². The van der Waals surface area contributed by atoms with Gasteiger partial charge < -0.3 is 5.32 Å². The van der Waals surface area contributed by atoms with Crippen LogP contribution in [0.5, 0.6) is 0 Å². The Morgan fingerprint density at radius 3 is 2.50 bits per heavy atom. The molecule has 0 saturated carbocycles. The van der Waals surface area contributed by atoms with Gasteiger partial charge in [-0.05, 0) is 11.8 Å². The molecule has 0 bridgehead atoms. The quantitative estimate of drug-likeness (QED) is 0.764. The number of amidine groups is 1. The van der Waals surface area contributed by atoms with Crippen molar-refractivity contribution >= 4 is 16.9 Å². The molecule has 3 heteroatoms. The van der Waals surface area contributed by atoms with E-state index in [0.29, 0.717) is 16.7 Å². The van der Waals surface area contributed by atoms with Crippen LogP contribution in [0.15, 0.2) is 4.99 Å². The zero-order valence-electron chi connectivity index (χ0n) is 9.92. The molecule has 2 unspecified atom stereocenters. The molecule has 14 heavy (non-hydrogen) atoms. The molecule has 0 spiro atoms. The highest BCUT2D eigenvalue weighted by Crippen LogP contribution is 2.25. The molecule has 0 amide bonds. The molecular formula is C11H22N2S. The first kappa shape index (κ1) is 11.9. The van der Waals surface area contributed by atoms with Gasteiger partial charge in [-0.15, -0.1) is 0 Å². The molecule has 0 aromatic heterocycles. The van der Waals surface area contributed by atoms with E-state index in [1.165, 1.54) is 6.42 Å². The first-order chi connectivity index (χ1) is 6.42. The second kappa shape index (κ2) is 4.56. The summed E-state index contributed by atoms with van der Waals surface area (Å²) in [6.07, 6.45) is 1.18. The summed E-state index contributed by atoms with van der Waals surface area (Å²) < 4.78 is 0. The molecule has 1 fully saturated rings. The fraction of sp³-hybridized carbons (Fsp3) is 0.909. The number of thioether (sulfide) groups is 1. The predicted octanol–water partition coefficient (Wildman–Crippen LogP) is 2.89. The van der Waals surface area contributed by atoms with Crippen molar-refractivity contribution in [1.82, 2.24) is 5.32 Å². The van der Waals surface area contributed by atoms with E-state index in [-0.39, 0.29) is 0 Å². The van der Waals surface area contributed by atoms with Gasteiger partial charge in [-0.25, -0.2) is 0 Å². The van der Waals surface area contributed by atoms with Gasteiger partial charge in [0.15, 0.2) is 5.17 Å². The summed E-state index contributed by atoms with van der Waals surface area (Å²) in [5.41, 5.74) is 0.294. The van der Waals surface area contributed by atoms with Gasteiger partial charge in [0.1, 0.15) is 0 Å². The molecule has 0 radical (unpaired) electrons. The Hall–Kier alpha value is -0.180. The lowest BCUT2D eigenvalue weighted by Crippen LogP contribution is -2.29. The predicted molar refractivity (Wildman–Crippen MR) is 66.0 cm³/mol. The van der Waals surface area contributed by atoms with Crippen LogP contribution in [-0.2, 0) is 0 Å². The van der Waals surface area contributed by atoms with E-state index in [9.17, 15) is 0 Å². The summed E-state index contributed by atoms with van der Waals surface area (Å²) in [6, 6.07) is 0.610. The molecule has 1 aliphatic rings. The van der Waals surface area contributed by atoms with Crippen molar-refractivity contribution in [3.05, 3.63) is 0 Å². The number of aliphatic imine (C=N–C) groups is 1. The van der Waals surface area contributed by atoms with Crippen molar-refractivity contribution in [3.63, 3.8) is 0 Å². The lowest BCUT2D eigenvalue weighted by atomic mass is 9.97. The minimum atomic E-state index is 0.294. The second-order valence-corrected chi connectivity index (χ2v) is 6.53. The molecule has 1 N–H and O–H groups in total. The van der Waals surface area contributed by atoms with Gasteiger partial charge in [0, 0.05) is 17.8 Å². The highest BCUT2D eigenvalue weighted by molar-refractivity contribution is 8.14. The first-order valence-electron chi connectivity index (χ1n) is 5.40. The third-order valence-electron chi connectivity index (χ3n) is 2.31. The van der Waals surface area contributed by atoms with Gasteiger partial charge in [0.05, 0.1) is 0 Å². The molecule has 2 nitrogen and oxygen atoms in total. The van der Waals surface area contributed by atoms with Crippen LogP contribution in [0, 0.1) is 5.41 Å². The van der Waals surface area contributed by atoms with Crippen LogP contribution in [0.1, 0.15) is 41.0 Å². The second-order valence-electron chi connectivity index (χ2n) is 5.16. The molecule has 0 aliphatic carbocycles. The van der Waals surface area contributed by atoms with Gasteiger partial charge in [-0.2, -0.15) is 0 Å². The highest BCUT2D eigenvalue weighted by Gasteiger charge is 2.26. The summed E-state index contributed by atoms with van der Waals surface area (Å²) in [5.74, 6) is 0. The van der Waals surface area contributed by atoms with Crippen molar-refractivity contribution < 1.29 is 0 Å². The zero-order chi connectivity index (χ0) is 10.8. The van der Waals surface area contributed by atoms with E-state index in [0.717, 1.165) is 11.7 Å². The number of hydrogen-bond donors (Lipinski definition) is 1. The van der Waals surface area contributed by atoms with Crippen LogP contribution in [0.3, 0.4) is 0 Å². The van der Waals surface area contributed by atoms with Gasteiger partial charge in [0.2, 0.25) is 0 Å². The molecule has 0 aromatic carbocycles. The van der Waals surface area contributed by atoms with Crippen molar-refractivity contribution in [2.75, 3.05) is 6.54 Å². The van der Waals surface area contributed by atoms with Gasteiger partial charge in [0.25, 0.3) is 0 Å². The normalized spacial score (nSPS) is 30.8. The standard InChI is InChI=1S/C11H22N2S/c1-6-9-8(2)14-10(13-9)12-7-11(3,4)5/h8-9H,6-7H2,1-5H3,(H,12,13). The van der Waals surface area contributed by atoms with E-state index in [1.807, 2.05) is 11.8 Å². The maximum absolute atomic E-state index is 4.61. The summed E-state index contributed by atoms with van der Waals surface area (Å²) >= 11 is 1.88. The van der Waals surface area contributed by atoms with Gasteiger partial charge in [-0.1, -0.05) is 46.4 Å². The molecule has 2 atom stereocenters. The number of nitrogens with zero attached hydrogens (tertiary/aromatic N) is 1. The monoisotopic (exact) mass is 214 g/mol. The Kier molecular flexibility index (Phi) is 3.87. The molecule has 0 aromatic rings. The molecule has 82 valence electrons. The summed E-state index contributed by atoms with van der Waals surface area (Å²) in [5, 5.41) is 5.28. The van der Waals surface area contributed by atoms with E-state index < -0.39 is 0 Å². The van der Waals surface area contributed by atoms with E-state index in [1.54, 1.807) is 0 Å². The smallest absolute Gasteiger partial charge is 0.157 e. The molecular weight excluding hydrogens is 192 g/mol. The van der Waals surface area contributed by atoms with Crippen LogP contribution in [0.2, 0.25) is 0 Å². The average Bonchev–Trinajstić information content (AvgIpc) is 2.42. The summed E-state index contributed by atoms with van der Waals surface area (Å²) in [7, 11) is 0. The number of hydrogen-bond acceptors (Lipinski definition) is 2. The highest BCUT2D eigenvalue weighted by atomic mass is 32.2. The average molecular weight is 214 g/mol. The van der Waals surface area contributed by atoms with Crippen LogP contribution in [0.4, 0.5) is 0 Å². The summed E-state index contributed by atoms with van der Waals surface area (Å²) in [6.45, 7) is 12.1. The first-order valence-corrected chi connectivity index (χ1v) is 6.28. The Labute approximate surface area is 92.0 Å².